The summed E-state index contributed by atoms with van der Waals surface area (Å²) in [6.07, 6.45) is 9.31. The third kappa shape index (κ3) is 3.03. The number of aliphatic hydroxyl groups is 1. The highest BCUT2D eigenvalue weighted by molar-refractivity contribution is 7.77. The lowest BCUT2D eigenvalue weighted by Crippen LogP contribution is -2.61. The number of hydrogen-bond donors (Lipinski definition) is 4. The number of carbonyl (C=O) groups is 2. The van der Waals surface area contributed by atoms with Crippen molar-refractivity contribution < 1.29 is 24.9 Å². The van der Waals surface area contributed by atoms with Crippen molar-refractivity contribution in [2.45, 2.75) is 103 Å². The molecule has 4 aliphatic carbocycles. The van der Waals surface area contributed by atoms with Gasteiger partial charge in [-0.1, -0.05) is 59.4 Å². The highest BCUT2D eigenvalue weighted by Gasteiger charge is 2.75. The smallest absolute Gasteiger partial charge is 0.330 e. The predicted molar refractivity (Wildman–Crippen MR) is 130 cm³/mol. The lowest BCUT2D eigenvalue weighted by atomic mass is 9.56. The van der Waals surface area contributed by atoms with Gasteiger partial charge in [-0.3, -0.25) is 4.79 Å². The molecule has 3 N–H and O–H groups in total. The maximum Gasteiger partial charge on any atom is 0.330 e. The Morgan fingerprint density at radius 3 is 2.18 bits per heavy atom. The summed E-state index contributed by atoms with van der Waals surface area (Å²) in [5.74, 6) is -2.84. The molecule has 0 aliphatic heterocycles. The fraction of sp³-hybridized carbons (Fsp3) is 0.846. The van der Waals surface area contributed by atoms with Gasteiger partial charge in [0.1, 0.15) is 0 Å². The maximum atomic E-state index is 12.8. The fourth-order valence-electron chi connectivity index (χ4n) is 9.04. The lowest BCUT2D eigenvalue weighted by molar-refractivity contribution is -0.160. The van der Waals surface area contributed by atoms with E-state index >= 15 is 0 Å². The Bertz CT molecular complexity index is 839. The molecule has 4 rings (SSSR count). The van der Waals surface area contributed by atoms with Crippen molar-refractivity contribution in [3.05, 3.63) is 12.3 Å². The summed E-state index contributed by atoms with van der Waals surface area (Å²) in [4.78, 5) is 24.7. The summed E-state index contributed by atoms with van der Waals surface area (Å²) in [7, 11) is 0. The molecule has 33 heavy (non-hydrogen) atoms. The molecule has 0 radical (unpaired) electrons. The predicted octanol–water partition coefficient (Wildman–Crippen LogP) is 5.13. The van der Waals surface area contributed by atoms with E-state index in [1.807, 2.05) is 0 Å². The quantitative estimate of drug-likeness (QED) is 0.394. The van der Waals surface area contributed by atoms with E-state index in [2.05, 4.69) is 20.4 Å². The fourth-order valence-corrected chi connectivity index (χ4v) is 9.59. The first-order valence-electron chi connectivity index (χ1n) is 12.7. The molecule has 0 aromatic carbocycles. The molecule has 6 atom stereocenters. The standard InChI is InChI=1S/C26H41NO5S/c1-16-19(21(29)30)11-8-12-26(16,22(31)32)27(33)17(2)25-14-13-24(15-20(25)28,23(25,3)4)18-9-6-5-7-10-18/h16,18-20,28,33H,2,5-15H2,1,3-4H3,(H,29,30)(H,31,32). The molecular weight excluding hydrogens is 438 g/mol. The molecule has 0 amide bonds. The van der Waals surface area contributed by atoms with E-state index in [1.54, 1.807) is 6.92 Å². The molecule has 4 fully saturated rings. The summed E-state index contributed by atoms with van der Waals surface area (Å²) in [5.41, 5.74) is -1.82. The van der Waals surface area contributed by atoms with Crippen LogP contribution in [0.25, 0.3) is 0 Å². The van der Waals surface area contributed by atoms with Gasteiger partial charge in [0.2, 0.25) is 0 Å². The molecule has 7 heteroatoms. The summed E-state index contributed by atoms with van der Waals surface area (Å²) >= 11 is 4.78. The number of aliphatic hydroxyl groups excluding tert-OH is 1. The average Bonchev–Trinajstić information content (AvgIpc) is 3.11. The lowest BCUT2D eigenvalue weighted by Gasteiger charge is -2.54. The zero-order chi connectivity index (χ0) is 24.4. The average molecular weight is 480 g/mol. The molecule has 186 valence electrons. The molecule has 6 unspecified atom stereocenters. The molecule has 0 aromatic heterocycles. The number of carboxylic acids is 2. The third-order valence-electron chi connectivity index (χ3n) is 11.1. The van der Waals surface area contributed by atoms with E-state index in [0.717, 1.165) is 19.3 Å². The Labute approximate surface area is 203 Å². The van der Waals surface area contributed by atoms with Crippen molar-refractivity contribution >= 4 is 24.8 Å². The number of hydrogen-bond acceptors (Lipinski definition) is 5. The summed E-state index contributed by atoms with van der Waals surface area (Å²) < 4.78 is 1.49. The van der Waals surface area contributed by atoms with Gasteiger partial charge in [0.15, 0.2) is 5.54 Å². The van der Waals surface area contributed by atoms with E-state index in [1.165, 1.54) is 36.4 Å². The number of rotatable bonds is 6. The van der Waals surface area contributed by atoms with Gasteiger partial charge in [-0.15, -0.1) is 0 Å². The van der Waals surface area contributed by atoms with E-state index in [0.29, 0.717) is 30.9 Å². The first-order valence-corrected chi connectivity index (χ1v) is 13.1. The second kappa shape index (κ2) is 8.18. The Kier molecular flexibility index (Phi) is 6.17. The minimum atomic E-state index is -1.47. The van der Waals surface area contributed by atoms with Crippen LogP contribution in [-0.2, 0) is 9.59 Å². The molecular formula is C26H41NO5S. The zero-order valence-corrected chi connectivity index (χ0v) is 21.2. The maximum absolute atomic E-state index is 12.8. The summed E-state index contributed by atoms with van der Waals surface area (Å²) in [6, 6.07) is 0. The molecule has 0 saturated heterocycles. The van der Waals surface area contributed by atoms with Crippen LogP contribution in [0.3, 0.4) is 0 Å². The molecule has 0 spiro atoms. The number of aliphatic carboxylic acids is 2. The highest BCUT2D eigenvalue weighted by atomic mass is 32.1. The van der Waals surface area contributed by atoms with E-state index in [9.17, 15) is 24.9 Å². The zero-order valence-electron chi connectivity index (χ0n) is 20.3. The Morgan fingerprint density at radius 2 is 1.64 bits per heavy atom. The second-order valence-corrected chi connectivity index (χ2v) is 12.3. The van der Waals surface area contributed by atoms with Crippen LogP contribution in [0.4, 0.5) is 0 Å². The van der Waals surface area contributed by atoms with Crippen molar-refractivity contribution in [2.24, 2.45) is 34.0 Å². The molecule has 6 nitrogen and oxygen atoms in total. The molecule has 0 heterocycles. The number of fused-ring (bicyclic) bond motifs is 2. The topological polar surface area (TPSA) is 98.1 Å². The first kappa shape index (κ1) is 24.9. The van der Waals surface area contributed by atoms with Gasteiger partial charge in [-0.2, -0.15) is 0 Å². The molecule has 4 aliphatic rings. The van der Waals surface area contributed by atoms with Crippen LogP contribution in [0.2, 0.25) is 0 Å². The van der Waals surface area contributed by atoms with Gasteiger partial charge in [0.05, 0.1) is 12.0 Å². The van der Waals surface area contributed by atoms with Crippen LogP contribution in [-0.4, -0.2) is 43.2 Å². The minimum Gasteiger partial charge on any atom is -0.481 e. The number of thiol groups is 1. The molecule has 0 aromatic rings. The monoisotopic (exact) mass is 479 g/mol. The summed E-state index contributed by atoms with van der Waals surface area (Å²) in [6.45, 7) is 10.6. The SMILES string of the molecule is C=C(N(S)C1(C(=O)O)CCCC(C(=O)O)C1C)C12CCC(C3CCCCC3)(CC1O)C2(C)C. The van der Waals surface area contributed by atoms with Crippen molar-refractivity contribution in [1.82, 2.24) is 4.31 Å². The van der Waals surface area contributed by atoms with Crippen LogP contribution >= 0.6 is 12.8 Å². The van der Waals surface area contributed by atoms with Gasteiger partial charge >= 0.3 is 11.9 Å². The van der Waals surface area contributed by atoms with Gasteiger partial charge in [0.25, 0.3) is 0 Å². The van der Waals surface area contributed by atoms with Crippen LogP contribution in [0.5, 0.6) is 0 Å². The molecule has 2 bridgehead atoms. The number of carboxylic acid groups (broad SMARTS) is 2. The van der Waals surface area contributed by atoms with Gasteiger partial charge < -0.3 is 19.6 Å². The highest BCUT2D eigenvalue weighted by Crippen LogP contribution is 2.78. The number of nitrogens with zero attached hydrogens (tertiary/aromatic N) is 1. The Morgan fingerprint density at radius 1 is 1.00 bits per heavy atom. The van der Waals surface area contributed by atoms with Crippen LogP contribution in [0.1, 0.15) is 91.4 Å². The van der Waals surface area contributed by atoms with Crippen molar-refractivity contribution in [3.63, 3.8) is 0 Å². The van der Waals surface area contributed by atoms with Crippen LogP contribution < -0.4 is 0 Å². The largest absolute Gasteiger partial charge is 0.481 e. The van der Waals surface area contributed by atoms with Gasteiger partial charge in [-0.25, -0.2) is 4.79 Å². The Hall–Kier alpha value is -1.21. The normalized spacial score (nSPS) is 42.8. The first-order chi connectivity index (χ1) is 15.4. The minimum absolute atomic E-state index is 0.0164. The van der Waals surface area contributed by atoms with Crippen LogP contribution in [0.15, 0.2) is 12.3 Å². The van der Waals surface area contributed by atoms with E-state index in [4.69, 9.17) is 12.8 Å². The van der Waals surface area contributed by atoms with Gasteiger partial charge in [-0.05, 0) is 68.1 Å². The Balaban J connectivity index is 1.73. The van der Waals surface area contributed by atoms with Crippen molar-refractivity contribution in [2.75, 3.05) is 0 Å². The van der Waals surface area contributed by atoms with Crippen LogP contribution in [0, 0.1) is 34.0 Å². The van der Waals surface area contributed by atoms with E-state index in [-0.39, 0.29) is 10.8 Å². The van der Waals surface area contributed by atoms with Crippen molar-refractivity contribution in [3.8, 4) is 0 Å². The van der Waals surface area contributed by atoms with Gasteiger partial charge in [0, 0.05) is 17.0 Å². The third-order valence-corrected chi connectivity index (χ3v) is 11.7. The molecule has 4 saturated carbocycles. The second-order valence-electron chi connectivity index (χ2n) is 11.9. The van der Waals surface area contributed by atoms with Crippen molar-refractivity contribution in [1.29, 1.82) is 0 Å². The summed E-state index contributed by atoms with van der Waals surface area (Å²) in [5, 5.41) is 31.8. The van der Waals surface area contributed by atoms with E-state index < -0.39 is 40.8 Å².